The first-order chi connectivity index (χ1) is 9.31. The molecule has 3 atom stereocenters. The van der Waals surface area contributed by atoms with Gasteiger partial charge in [0.2, 0.25) is 0 Å². The van der Waals surface area contributed by atoms with E-state index in [-0.39, 0.29) is 17.1 Å². The molecule has 1 aromatic rings. The van der Waals surface area contributed by atoms with Gasteiger partial charge < -0.3 is 9.47 Å². The highest BCUT2D eigenvalue weighted by atomic mass is 32.2. The summed E-state index contributed by atoms with van der Waals surface area (Å²) in [5.74, 6) is 0. The Balaban J connectivity index is 2.43. The van der Waals surface area contributed by atoms with Crippen LogP contribution in [-0.4, -0.2) is 25.2 Å². The number of rotatable bonds is 3. The zero-order valence-corrected chi connectivity index (χ0v) is 12.7. The molecule has 1 aliphatic heterocycles. The van der Waals surface area contributed by atoms with Gasteiger partial charge in [0.25, 0.3) is 10.1 Å². The summed E-state index contributed by atoms with van der Waals surface area (Å²) < 4.78 is 43.8. The van der Waals surface area contributed by atoms with Gasteiger partial charge in [-0.05, 0) is 38.8 Å². The molecular weight excluding hydrogens is 280 g/mol. The summed E-state index contributed by atoms with van der Waals surface area (Å²) in [6.45, 7) is 5.79. The summed E-state index contributed by atoms with van der Waals surface area (Å²) in [6.07, 6.45) is 0.851. The van der Waals surface area contributed by atoms with Crippen molar-refractivity contribution in [3.8, 4) is 0 Å². The van der Waals surface area contributed by atoms with Crippen LogP contribution in [0.25, 0.3) is 0 Å². The van der Waals surface area contributed by atoms with Crippen LogP contribution in [0.5, 0.6) is 0 Å². The average Bonchev–Trinajstić information content (AvgIpc) is 2.36. The highest BCUT2D eigenvalue weighted by molar-refractivity contribution is 7.85. The molecule has 0 radical (unpaired) electrons. The summed E-state index contributed by atoms with van der Waals surface area (Å²) in [5.41, 5.74) is 1.24. The average molecular weight is 300 g/mol. The third-order valence-corrected chi connectivity index (χ3v) is 4.35. The minimum atomic E-state index is -4.30. The van der Waals surface area contributed by atoms with E-state index in [2.05, 4.69) is 0 Å². The smallest absolute Gasteiger partial charge is 0.294 e. The monoisotopic (exact) mass is 300 g/mol. The van der Waals surface area contributed by atoms with Crippen molar-refractivity contribution in [2.45, 2.75) is 57.0 Å². The molecule has 112 valence electrons. The predicted octanol–water partition coefficient (Wildman–Crippen LogP) is 2.84. The molecular formula is C14H20O5S. The fourth-order valence-corrected chi connectivity index (χ4v) is 3.09. The van der Waals surface area contributed by atoms with Crippen LogP contribution in [0.3, 0.4) is 0 Å². The second kappa shape index (κ2) is 5.81. The van der Waals surface area contributed by atoms with Crippen molar-refractivity contribution in [1.29, 1.82) is 0 Å². The van der Waals surface area contributed by atoms with Gasteiger partial charge in [0.05, 0.1) is 12.2 Å². The summed E-state index contributed by atoms with van der Waals surface area (Å²) in [5, 5.41) is 0. The summed E-state index contributed by atoms with van der Waals surface area (Å²) in [6, 6.07) is 4.70. The fraction of sp³-hybridized carbons (Fsp3) is 0.571. The molecule has 0 aliphatic carbocycles. The number of aryl methyl sites for hydroxylation is 1. The molecule has 0 aromatic heterocycles. The van der Waals surface area contributed by atoms with Crippen LogP contribution in [0.4, 0.5) is 0 Å². The lowest BCUT2D eigenvalue weighted by Crippen LogP contribution is -2.32. The Morgan fingerprint density at radius 1 is 1.35 bits per heavy atom. The Bertz CT molecular complexity index is 581. The van der Waals surface area contributed by atoms with Gasteiger partial charge in [0.1, 0.15) is 4.90 Å². The Hall–Kier alpha value is -0.950. The Labute approximate surface area is 119 Å². The van der Waals surface area contributed by atoms with Crippen molar-refractivity contribution in [1.82, 2.24) is 0 Å². The summed E-state index contributed by atoms with van der Waals surface area (Å²) >= 11 is 0. The van der Waals surface area contributed by atoms with Gasteiger partial charge in [-0.2, -0.15) is 8.42 Å². The quantitative estimate of drug-likeness (QED) is 0.869. The lowest BCUT2D eigenvalue weighted by molar-refractivity contribution is -0.244. The normalized spacial score (nSPS) is 27.5. The molecule has 6 heteroatoms. The van der Waals surface area contributed by atoms with E-state index in [0.29, 0.717) is 5.56 Å². The van der Waals surface area contributed by atoms with E-state index in [1.807, 2.05) is 20.8 Å². The van der Waals surface area contributed by atoms with Crippen molar-refractivity contribution < 1.29 is 22.4 Å². The molecule has 1 aromatic carbocycles. The lowest BCUT2D eigenvalue weighted by Gasteiger charge is -2.34. The Kier molecular flexibility index (Phi) is 4.49. The number of hydrogen-bond acceptors (Lipinski definition) is 4. The van der Waals surface area contributed by atoms with E-state index in [1.165, 1.54) is 6.07 Å². The molecule has 20 heavy (non-hydrogen) atoms. The van der Waals surface area contributed by atoms with Gasteiger partial charge in [-0.3, -0.25) is 4.55 Å². The molecule has 0 saturated carbocycles. The maximum absolute atomic E-state index is 11.5. The molecule has 1 heterocycles. The summed E-state index contributed by atoms with van der Waals surface area (Å²) in [7, 11) is -4.30. The van der Waals surface area contributed by atoms with Gasteiger partial charge in [-0.15, -0.1) is 0 Å². The molecule has 0 bridgehead atoms. The van der Waals surface area contributed by atoms with Crippen molar-refractivity contribution >= 4 is 10.1 Å². The largest absolute Gasteiger partial charge is 0.345 e. The third-order valence-electron chi connectivity index (χ3n) is 3.42. The highest BCUT2D eigenvalue weighted by Gasteiger charge is 2.31. The van der Waals surface area contributed by atoms with E-state index >= 15 is 0 Å². The lowest BCUT2D eigenvalue weighted by atomic mass is 10.1. The number of hydrogen-bond donors (Lipinski definition) is 1. The van der Waals surface area contributed by atoms with Gasteiger partial charge in [0.15, 0.2) is 6.29 Å². The first kappa shape index (κ1) is 15.4. The minimum absolute atomic E-state index is 0.0199. The second-order valence-corrected chi connectivity index (χ2v) is 6.59. The van der Waals surface area contributed by atoms with Crippen molar-refractivity contribution in [2.75, 3.05) is 0 Å². The second-order valence-electron chi connectivity index (χ2n) is 5.20. The van der Waals surface area contributed by atoms with Crippen LogP contribution in [0.1, 0.15) is 44.1 Å². The molecule has 1 N–H and O–H groups in total. The number of ether oxygens (including phenoxy) is 2. The van der Waals surface area contributed by atoms with E-state index in [4.69, 9.17) is 9.47 Å². The summed E-state index contributed by atoms with van der Waals surface area (Å²) in [4.78, 5) is -0.156. The highest BCUT2D eigenvalue weighted by Crippen LogP contribution is 2.34. The molecule has 2 rings (SSSR count). The first-order valence-corrected chi connectivity index (χ1v) is 8.14. The van der Waals surface area contributed by atoms with Gasteiger partial charge in [0, 0.05) is 5.56 Å². The van der Waals surface area contributed by atoms with Gasteiger partial charge in [-0.25, -0.2) is 0 Å². The Morgan fingerprint density at radius 2 is 2.05 bits per heavy atom. The third kappa shape index (κ3) is 3.38. The standard InChI is InChI=1S/C14H20O5S/c1-4-11-8-10(3)18-14(19-11)12-7-9(2)5-6-13(12)20(15,16)17/h5-7,10-11,14H,4,8H2,1-3H3,(H,15,16,17). The van der Waals surface area contributed by atoms with E-state index < -0.39 is 16.4 Å². The molecule has 0 spiro atoms. The van der Waals surface area contributed by atoms with E-state index in [9.17, 15) is 13.0 Å². The van der Waals surface area contributed by atoms with Gasteiger partial charge >= 0.3 is 0 Å². The van der Waals surface area contributed by atoms with Crippen molar-refractivity contribution in [3.63, 3.8) is 0 Å². The topological polar surface area (TPSA) is 72.8 Å². The van der Waals surface area contributed by atoms with Crippen LogP contribution >= 0.6 is 0 Å². The molecule has 1 aliphatic rings. The number of benzene rings is 1. The maximum atomic E-state index is 11.5. The van der Waals surface area contributed by atoms with Crippen LogP contribution < -0.4 is 0 Å². The zero-order valence-electron chi connectivity index (χ0n) is 11.9. The maximum Gasteiger partial charge on any atom is 0.294 e. The minimum Gasteiger partial charge on any atom is -0.345 e. The van der Waals surface area contributed by atoms with Crippen LogP contribution in [0.2, 0.25) is 0 Å². The molecule has 1 saturated heterocycles. The van der Waals surface area contributed by atoms with Crippen molar-refractivity contribution in [2.24, 2.45) is 0 Å². The van der Waals surface area contributed by atoms with Crippen LogP contribution in [0, 0.1) is 6.92 Å². The zero-order chi connectivity index (χ0) is 14.9. The van der Waals surface area contributed by atoms with Crippen LogP contribution in [-0.2, 0) is 19.6 Å². The van der Waals surface area contributed by atoms with E-state index in [0.717, 1.165) is 18.4 Å². The molecule has 3 unspecified atom stereocenters. The van der Waals surface area contributed by atoms with Crippen molar-refractivity contribution in [3.05, 3.63) is 29.3 Å². The Morgan fingerprint density at radius 3 is 2.65 bits per heavy atom. The fourth-order valence-electron chi connectivity index (χ4n) is 2.40. The first-order valence-electron chi connectivity index (χ1n) is 6.70. The molecule has 5 nitrogen and oxygen atoms in total. The molecule has 0 amide bonds. The SMILES string of the molecule is CCC1CC(C)OC(c2cc(C)ccc2S(=O)(=O)O)O1. The van der Waals surface area contributed by atoms with E-state index in [1.54, 1.807) is 12.1 Å². The van der Waals surface area contributed by atoms with Crippen LogP contribution in [0.15, 0.2) is 23.1 Å². The molecule has 1 fully saturated rings. The predicted molar refractivity (Wildman–Crippen MR) is 74.1 cm³/mol. The van der Waals surface area contributed by atoms with Gasteiger partial charge in [-0.1, -0.05) is 18.6 Å².